The molecule has 2 aliphatic rings. The Morgan fingerprint density at radius 1 is 1.11 bits per heavy atom. The number of hydrogen-bond donors (Lipinski definition) is 1. The highest BCUT2D eigenvalue weighted by atomic mass is 15.2. The van der Waals surface area contributed by atoms with Gasteiger partial charge in [0, 0.05) is 33.2 Å². The first kappa shape index (κ1) is 11.8. The molecule has 2 heterocycles. The highest BCUT2D eigenvalue weighted by Crippen LogP contribution is 2.39. The van der Waals surface area contributed by atoms with Crippen molar-refractivity contribution in [3.63, 3.8) is 0 Å². The summed E-state index contributed by atoms with van der Waals surface area (Å²) in [4.78, 5) is 4.79. The second-order valence-electron chi connectivity index (χ2n) is 5.56. The number of hydrogen-bond acceptors (Lipinski definition) is 3. The van der Waals surface area contributed by atoms with Crippen LogP contribution in [-0.2, 0) is 0 Å². The summed E-state index contributed by atoms with van der Waals surface area (Å²) in [5.41, 5.74) is 4.31. The topological polar surface area (TPSA) is 18.5 Å². The van der Waals surface area contributed by atoms with E-state index in [0.29, 0.717) is 6.04 Å². The normalized spacial score (nSPS) is 24.0. The van der Waals surface area contributed by atoms with Gasteiger partial charge in [-0.2, -0.15) is 0 Å². The molecule has 0 aromatic heterocycles. The molecule has 98 valence electrons. The van der Waals surface area contributed by atoms with Crippen LogP contribution >= 0.6 is 0 Å². The zero-order valence-corrected chi connectivity index (χ0v) is 11.4. The quantitative estimate of drug-likeness (QED) is 0.819. The van der Waals surface area contributed by atoms with Crippen LogP contribution in [0.25, 0.3) is 0 Å². The Hall–Kier alpha value is -1.22. The van der Waals surface area contributed by atoms with Crippen molar-refractivity contribution in [1.82, 2.24) is 5.32 Å². The Kier molecular flexibility index (Phi) is 3.16. The van der Waals surface area contributed by atoms with Crippen LogP contribution in [0.3, 0.4) is 0 Å². The molecule has 3 rings (SSSR count). The second-order valence-corrected chi connectivity index (χ2v) is 5.56. The largest absolute Gasteiger partial charge is 0.371 e. The predicted octanol–water partition coefficient (Wildman–Crippen LogP) is 2.39. The summed E-state index contributed by atoms with van der Waals surface area (Å²) in [6, 6.07) is 7.30. The van der Waals surface area contributed by atoms with Crippen molar-refractivity contribution >= 4 is 11.4 Å². The van der Waals surface area contributed by atoms with Crippen LogP contribution in [0.1, 0.15) is 30.9 Å². The van der Waals surface area contributed by atoms with Gasteiger partial charge in [0.1, 0.15) is 0 Å². The summed E-state index contributed by atoms with van der Waals surface area (Å²) < 4.78 is 0. The molecule has 3 nitrogen and oxygen atoms in total. The summed E-state index contributed by atoms with van der Waals surface area (Å²) in [5.74, 6) is 0. The first-order valence-corrected chi connectivity index (χ1v) is 7.06. The summed E-state index contributed by atoms with van der Waals surface area (Å²) in [5, 5.41) is 3.68. The molecule has 0 spiro atoms. The third-order valence-electron chi connectivity index (χ3n) is 4.30. The molecule has 1 saturated heterocycles. The number of fused-ring (bicyclic) bond motifs is 1. The molecule has 0 amide bonds. The fourth-order valence-corrected chi connectivity index (χ4v) is 3.20. The molecule has 1 fully saturated rings. The molecule has 1 aromatic carbocycles. The molecule has 0 bridgehead atoms. The number of rotatable bonds is 1. The second kappa shape index (κ2) is 4.81. The lowest BCUT2D eigenvalue weighted by Gasteiger charge is -2.38. The van der Waals surface area contributed by atoms with E-state index < -0.39 is 0 Å². The van der Waals surface area contributed by atoms with Gasteiger partial charge in [0.05, 0.1) is 11.4 Å². The molecular weight excluding hydrogens is 222 g/mol. The van der Waals surface area contributed by atoms with Gasteiger partial charge in [-0.25, -0.2) is 0 Å². The van der Waals surface area contributed by atoms with E-state index in [-0.39, 0.29) is 0 Å². The van der Waals surface area contributed by atoms with Crippen LogP contribution in [0.4, 0.5) is 11.4 Å². The number of para-hydroxylation sites is 1. The van der Waals surface area contributed by atoms with E-state index in [0.717, 1.165) is 19.6 Å². The molecular formula is C15H23N3. The number of nitrogens with zero attached hydrogens (tertiary/aromatic N) is 2. The van der Waals surface area contributed by atoms with Crippen molar-refractivity contribution in [2.75, 3.05) is 43.5 Å². The van der Waals surface area contributed by atoms with E-state index in [1.54, 1.807) is 0 Å². The first-order valence-electron chi connectivity index (χ1n) is 7.06. The number of likely N-dealkylation sites (N-methyl/N-ethyl adjacent to an activating group) is 2. The Morgan fingerprint density at radius 3 is 2.72 bits per heavy atom. The Bertz CT molecular complexity index is 424. The summed E-state index contributed by atoms with van der Waals surface area (Å²) >= 11 is 0. The highest BCUT2D eigenvalue weighted by Gasteiger charge is 2.25. The summed E-state index contributed by atoms with van der Waals surface area (Å²) in [7, 11) is 4.42. The predicted molar refractivity (Wildman–Crippen MR) is 77.6 cm³/mol. The van der Waals surface area contributed by atoms with Crippen LogP contribution in [-0.4, -0.2) is 33.7 Å². The van der Waals surface area contributed by atoms with E-state index in [1.165, 1.54) is 36.2 Å². The summed E-state index contributed by atoms with van der Waals surface area (Å²) in [6.45, 7) is 3.40. The Balaban J connectivity index is 2.01. The van der Waals surface area contributed by atoms with Crippen molar-refractivity contribution in [2.24, 2.45) is 0 Å². The highest BCUT2D eigenvalue weighted by molar-refractivity contribution is 5.77. The SMILES string of the molecule is CN1CCN(C)c2c(C3CCCCN3)cccc21. The Morgan fingerprint density at radius 2 is 1.94 bits per heavy atom. The number of nitrogens with one attached hydrogen (secondary N) is 1. The number of anilines is 2. The molecule has 0 aliphatic carbocycles. The van der Waals surface area contributed by atoms with Gasteiger partial charge in [0.25, 0.3) is 0 Å². The lowest BCUT2D eigenvalue weighted by Crippen LogP contribution is -2.38. The molecule has 1 atom stereocenters. The van der Waals surface area contributed by atoms with Gasteiger partial charge in [-0.1, -0.05) is 18.6 Å². The maximum atomic E-state index is 3.68. The zero-order chi connectivity index (χ0) is 12.5. The molecule has 1 N–H and O–H groups in total. The average Bonchev–Trinajstić information content (AvgIpc) is 2.43. The van der Waals surface area contributed by atoms with Gasteiger partial charge in [-0.15, -0.1) is 0 Å². The minimum absolute atomic E-state index is 0.544. The van der Waals surface area contributed by atoms with Crippen LogP contribution in [0, 0.1) is 0 Å². The lowest BCUT2D eigenvalue weighted by molar-refractivity contribution is 0.412. The van der Waals surface area contributed by atoms with Gasteiger partial charge in [0.2, 0.25) is 0 Å². The first-order chi connectivity index (χ1) is 8.77. The van der Waals surface area contributed by atoms with Crippen molar-refractivity contribution < 1.29 is 0 Å². The van der Waals surface area contributed by atoms with Crippen molar-refractivity contribution in [1.29, 1.82) is 0 Å². The van der Waals surface area contributed by atoms with Crippen molar-refractivity contribution in [3.8, 4) is 0 Å². The average molecular weight is 245 g/mol. The fraction of sp³-hybridized carbons (Fsp3) is 0.600. The smallest absolute Gasteiger partial charge is 0.0650 e. The number of piperidine rings is 1. The molecule has 0 saturated carbocycles. The fourth-order valence-electron chi connectivity index (χ4n) is 3.20. The van der Waals surface area contributed by atoms with Gasteiger partial charge < -0.3 is 15.1 Å². The Labute approximate surface area is 110 Å². The molecule has 3 heteroatoms. The van der Waals surface area contributed by atoms with E-state index in [9.17, 15) is 0 Å². The standard InChI is InChI=1S/C15H23N3/c1-17-10-11-18(2)15-12(6-5-8-14(15)17)13-7-3-4-9-16-13/h5-6,8,13,16H,3-4,7,9-11H2,1-2H3. The zero-order valence-electron chi connectivity index (χ0n) is 11.4. The van der Waals surface area contributed by atoms with E-state index in [2.05, 4.69) is 47.4 Å². The van der Waals surface area contributed by atoms with E-state index >= 15 is 0 Å². The molecule has 2 aliphatic heterocycles. The van der Waals surface area contributed by atoms with Crippen LogP contribution < -0.4 is 15.1 Å². The van der Waals surface area contributed by atoms with Crippen LogP contribution in [0.15, 0.2) is 18.2 Å². The van der Waals surface area contributed by atoms with E-state index in [4.69, 9.17) is 0 Å². The maximum Gasteiger partial charge on any atom is 0.0650 e. The van der Waals surface area contributed by atoms with Gasteiger partial charge in [-0.05, 0) is 31.0 Å². The monoisotopic (exact) mass is 245 g/mol. The lowest BCUT2D eigenvalue weighted by atomic mass is 9.94. The minimum atomic E-state index is 0.544. The molecule has 0 radical (unpaired) electrons. The van der Waals surface area contributed by atoms with Crippen LogP contribution in [0.2, 0.25) is 0 Å². The summed E-state index contributed by atoms with van der Waals surface area (Å²) in [6.07, 6.45) is 3.94. The van der Waals surface area contributed by atoms with E-state index in [1.807, 2.05) is 0 Å². The molecule has 1 unspecified atom stereocenters. The molecule has 1 aromatic rings. The van der Waals surface area contributed by atoms with Crippen LogP contribution in [0.5, 0.6) is 0 Å². The van der Waals surface area contributed by atoms with Gasteiger partial charge in [-0.3, -0.25) is 0 Å². The third-order valence-corrected chi connectivity index (χ3v) is 4.30. The van der Waals surface area contributed by atoms with Crippen molar-refractivity contribution in [3.05, 3.63) is 23.8 Å². The maximum absolute atomic E-state index is 3.68. The van der Waals surface area contributed by atoms with Gasteiger partial charge >= 0.3 is 0 Å². The van der Waals surface area contributed by atoms with Gasteiger partial charge in [0.15, 0.2) is 0 Å². The third kappa shape index (κ3) is 1.97. The number of benzene rings is 1. The van der Waals surface area contributed by atoms with Crippen molar-refractivity contribution in [2.45, 2.75) is 25.3 Å². The molecule has 18 heavy (non-hydrogen) atoms. The minimum Gasteiger partial charge on any atom is -0.371 e.